The summed E-state index contributed by atoms with van der Waals surface area (Å²) in [6, 6.07) is 9.07. The van der Waals surface area contributed by atoms with Crippen molar-refractivity contribution in [1.29, 1.82) is 0 Å². The molecule has 0 spiro atoms. The largest absolute Gasteiger partial charge is 0.493 e. The summed E-state index contributed by atoms with van der Waals surface area (Å²) in [6.07, 6.45) is 0. The Morgan fingerprint density at radius 2 is 1.71 bits per heavy atom. The van der Waals surface area contributed by atoms with Gasteiger partial charge in [-0.2, -0.15) is 0 Å². The zero-order valence-electron chi connectivity index (χ0n) is 12.0. The molecule has 0 heterocycles. The van der Waals surface area contributed by atoms with Crippen molar-refractivity contribution in [2.24, 2.45) is 0 Å². The van der Waals surface area contributed by atoms with Gasteiger partial charge in [-0.15, -0.1) is 0 Å². The molecule has 0 bridgehead atoms. The van der Waals surface area contributed by atoms with Crippen LogP contribution in [0.1, 0.15) is 11.1 Å². The Labute approximate surface area is 122 Å². The molecule has 2 aromatic rings. The molecule has 0 atom stereocenters. The van der Waals surface area contributed by atoms with Crippen LogP contribution in [-0.4, -0.2) is 14.2 Å². The summed E-state index contributed by atoms with van der Waals surface area (Å²) in [7, 11) is 3.15. The molecule has 0 aromatic heterocycles. The lowest BCUT2D eigenvalue weighted by Crippen LogP contribution is -2.80. The van der Waals surface area contributed by atoms with Crippen LogP contribution in [0.5, 0.6) is 11.5 Å². The van der Waals surface area contributed by atoms with Crippen molar-refractivity contribution in [1.82, 2.24) is 0 Å². The summed E-state index contributed by atoms with van der Waals surface area (Å²) in [5.41, 5.74) is 1.28. The first-order valence-electron chi connectivity index (χ1n) is 6.61. The molecule has 5 heteroatoms. The van der Waals surface area contributed by atoms with Crippen molar-refractivity contribution in [3.63, 3.8) is 0 Å². The van der Waals surface area contributed by atoms with Crippen LogP contribution in [0.4, 0.5) is 8.78 Å². The topological polar surface area (TPSA) is 35.1 Å². The van der Waals surface area contributed by atoms with E-state index in [2.05, 4.69) is 0 Å². The number of para-hydroxylation sites is 1. The molecule has 3 nitrogen and oxygen atoms in total. The van der Waals surface area contributed by atoms with Gasteiger partial charge in [0.25, 0.3) is 0 Å². The molecule has 2 rings (SSSR count). The zero-order valence-corrected chi connectivity index (χ0v) is 12.0. The van der Waals surface area contributed by atoms with Gasteiger partial charge >= 0.3 is 0 Å². The number of halogens is 2. The van der Waals surface area contributed by atoms with Crippen molar-refractivity contribution in [3.8, 4) is 11.5 Å². The molecule has 0 saturated carbocycles. The first kappa shape index (κ1) is 15.3. The van der Waals surface area contributed by atoms with Gasteiger partial charge in [-0.3, -0.25) is 0 Å². The first-order chi connectivity index (χ1) is 10.2. The number of hydrogen-bond donors (Lipinski definition) is 1. The minimum Gasteiger partial charge on any atom is -0.493 e. The average molecular weight is 294 g/mol. The molecule has 0 aliphatic heterocycles. The molecule has 0 amide bonds. The third kappa shape index (κ3) is 3.70. The van der Waals surface area contributed by atoms with Crippen LogP contribution in [0.15, 0.2) is 36.4 Å². The standard InChI is InChI=1S/C16H17F2NO2/c1-20-15-5-3-4-11(16(15)21-2)9-19-10-12-8-13(17)6-7-14(12)18/h3-8,19H,9-10H2,1-2H3/p+1. The zero-order chi connectivity index (χ0) is 15.2. The van der Waals surface area contributed by atoms with E-state index in [0.29, 0.717) is 30.2 Å². The fourth-order valence-electron chi connectivity index (χ4n) is 2.20. The van der Waals surface area contributed by atoms with Crippen LogP contribution in [0.25, 0.3) is 0 Å². The predicted octanol–water partition coefficient (Wildman–Crippen LogP) is 2.25. The van der Waals surface area contributed by atoms with E-state index < -0.39 is 11.6 Å². The van der Waals surface area contributed by atoms with Gasteiger partial charge in [-0.1, -0.05) is 6.07 Å². The maximum absolute atomic E-state index is 13.5. The van der Waals surface area contributed by atoms with Crippen molar-refractivity contribution < 1.29 is 23.6 Å². The molecule has 0 radical (unpaired) electrons. The minimum absolute atomic E-state index is 0.344. The highest BCUT2D eigenvalue weighted by Crippen LogP contribution is 2.29. The minimum atomic E-state index is -0.432. The van der Waals surface area contributed by atoms with Crippen molar-refractivity contribution in [2.45, 2.75) is 13.1 Å². The second-order valence-electron chi connectivity index (χ2n) is 4.59. The highest BCUT2D eigenvalue weighted by Gasteiger charge is 2.11. The Kier molecular flexibility index (Phi) is 5.11. The molecular formula is C16H18F2NO2+. The number of hydrogen-bond acceptors (Lipinski definition) is 2. The lowest BCUT2D eigenvalue weighted by atomic mass is 10.1. The molecule has 21 heavy (non-hydrogen) atoms. The van der Waals surface area contributed by atoms with Gasteiger partial charge in [-0.05, 0) is 30.3 Å². The van der Waals surface area contributed by atoms with E-state index in [1.54, 1.807) is 14.2 Å². The Balaban J connectivity index is 2.05. The maximum atomic E-state index is 13.5. The van der Waals surface area contributed by atoms with Crippen molar-refractivity contribution >= 4 is 0 Å². The van der Waals surface area contributed by atoms with Crippen LogP contribution in [-0.2, 0) is 13.1 Å². The summed E-state index contributed by atoms with van der Waals surface area (Å²) in [5, 5.41) is 1.88. The van der Waals surface area contributed by atoms with Crippen LogP contribution in [0.3, 0.4) is 0 Å². The van der Waals surface area contributed by atoms with Crippen LogP contribution < -0.4 is 14.8 Å². The fraction of sp³-hybridized carbons (Fsp3) is 0.250. The Morgan fingerprint density at radius 1 is 0.952 bits per heavy atom. The van der Waals surface area contributed by atoms with Crippen LogP contribution in [0, 0.1) is 11.6 Å². The molecule has 0 aliphatic carbocycles. The molecule has 112 valence electrons. The van der Waals surface area contributed by atoms with Crippen LogP contribution >= 0.6 is 0 Å². The van der Waals surface area contributed by atoms with E-state index in [0.717, 1.165) is 17.7 Å². The summed E-state index contributed by atoms with van der Waals surface area (Å²) in [6.45, 7) is 0.931. The average Bonchev–Trinajstić information content (AvgIpc) is 2.50. The van der Waals surface area contributed by atoms with Crippen LogP contribution in [0.2, 0.25) is 0 Å². The lowest BCUT2D eigenvalue weighted by Gasteiger charge is -2.11. The van der Waals surface area contributed by atoms with Gasteiger partial charge in [0.15, 0.2) is 11.5 Å². The number of methoxy groups -OCH3 is 2. The predicted molar refractivity (Wildman–Crippen MR) is 75.2 cm³/mol. The monoisotopic (exact) mass is 294 g/mol. The Hall–Kier alpha value is -2.14. The molecule has 0 fully saturated rings. The lowest BCUT2D eigenvalue weighted by molar-refractivity contribution is -0.686. The molecular weight excluding hydrogens is 276 g/mol. The molecule has 0 saturated heterocycles. The fourth-order valence-corrected chi connectivity index (χ4v) is 2.20. The highest BCUT2D eigenvalue weighted by atomic mass is 19.1. The summed E-state index contributed by atoms with van der Waals surface area (Å²) < 4.78 is 37.2. The second kappa shape index (κ2) is 7.04. The normalized spacial score (nSPS) is 10.5. The Bertz CT molecular complexity index is 617. The summed E-state index contributed by atoms with van der Waals surface area (Å²) >= 11 is 0. The third-order valence-electron chi connectivity index (χ3n) is 3.22. The highest BCUT2D eigenvalue weighted by molar-refractivity contribution is 5.46. The summed E-state index contributed by atoms with van der Waals surface area (Å²) in [4.78, 5) is 0. The maximum Gasteiger partial charge on any atom is 0.169 e. The van der Waals surface area contributed by atoms with Gasteiger partial charge in [0, 0.05) is 5.56 Å². The van der Waals surface area contributed by atoms with E-state index in [1.807, 2.05) is 23.5 Å². The first-order valence-corrected chi connectivity index (χ1v) is 6.61. The van der Waals surface area contributed by atoms with Gasteiger partial charge in [-0.25, -0.2) is 8.78 Å². The van der Waals surface area contributed by atoms with E-state index in [4.69, 9.17) is 9.47 Å². The van der Waals surface area contributed by atoms with Gasteiger partial charge < -0.3 is 14.8 Å². The summed E-state index contributed by atoms with van der Waals surface area (Å²) in [5.74, 6) is 0.486. The SMILES string of the molecule is COc1cccc(C[NH2+]Cc2cc(F)ccc2F)c1OC. The van der Waals surface area contributed by atoms with Crippen molar-refractivity contribution in [3.05, 3.63) is 59.2 Å². The van der Waals surface area contributed by atoms with Gasteiger partial charge in [0.05, 0.1) is 19.8 Å². The van der Waals surface area contributed by atoms with Crippen molar-refractivity contribution in [2.75, 3.05) is 14.2 Å². The number of nitrogens with two attached hydrogens (primary N) is 1. The third-order valence-corrected chi connectivity index (χ3v) is 3.22. The molecule has 0 unspecified atom stereocenters. The second-order valence-corrected chi connectivity index (χ2v) is 4.59. The van der Waals surface area contributed by atoms with Gasteiger partial charge in [0.2, 0.25) is 0 Å². The number of ether oxygens (including phenoxy) is 2. The van der Waals surface area contributed by atoms with E-state index in [9.17, 15) is 8.78 Å². The van der Waals surface area contributed by atoms with E-state index in [1.165, 1.54) is 6.07 Å². The molecule has 2 aromatic carbocycles. The number of rotatable bonds is 6. The number of benzene rings is 2. The Morgan fingerprint density at radius 3 is 2.43 bits per heavy atom. The number of quaternary nitrogens is 1. The van der Waals surface area contributed by atoms with E-state index >= 15 is 0 Å². The quantitative estimate of drug-likeness (QED) is 0.887. The van der Waals surface area contributed by atoms with E-state index in [-0.39, 0.29) is 0 Å². The van der Waals surface area contributed by atoms with Gasteiger partial charge in [0.1, 0.15) is 24.7 Å². The molecule has 0 aliphatic rings. The molecule has 2 N–H and O–H groups in total. The smallest absolute Gasteiger partial charge is 0.169 e.